The lowest BCUT2D eigenvalue weighted by Gasteiger charge is -2.38. The van der Waals surface area contributed by atoms with Gasteiger partial charge >= 0.3 is 6.09 Å². The number of benzene rings is 2. The van der Waals surface area contributed by atoms with Crippen molar-refractivity contribution in [2.45, 2.75) is 45.0 Å². The van der Waals surface area contributed by atoms with Gasteiger partial charge < -0.3 is 14.6 Å². The van der Waals surface area contributed by atoms with Crippen LogP contribution in [0.4, 0.5) is 4.79 Å². The molecule has 35 heavy (non-hydrogen) atoms. The summed E-state index contributed by atoms with van der Waals surface area (Å²) in [5, 5.41) is 9.18. The summed E-state index contributed by atoms with van der Waals surface area (Å²) in [7, 11) is 0. The van der Waals surface area contributed by atoms with Crippen molar-refractivity contribution in [1.29, 1.82) is 0 Å². The Balaban J connectivity index is 1.17. The number of likely N-dealkylation sites (tertiary alicyclic amines) is 1. The monoisotopic (exact) mass is 473 g/mol. The quantitative estimate of drug-likeness (QED) is 0.530. The van der Waals surface area contributed by atoms with E-state index in [-0.39, 0.29) is 24.8 Å². The van der Waals surface area contributed by atoms with Gasteiger partial charge in [0.1, 0.15) is 12.4 Å². The molecule has 3 aromatic rings. The van der Waals surface area contributed by atoms with Crippen LogP contribution in [0.15, 0.2) is 66.7 Å². The zero-order valence-corrected chi connectivity index (χ0v) is 20.0. The van der Waals surface area contributed by atoms with Gasteiger partial charge in [-0.15, -0.1) is 0 Å². The molecule has 2 saturated heterocycles. The summed E-state index contributed by atoms with van der Waals surface area (Å²) in [6, 6.07) is 21.7. The number of rotatable bonds is 7. The van der Waals surface area contributed by atoms with E-state index in [0.717, 1.165) is 49.3 Å². The van der Waals surface area contributed by atoms with Crippen molar-refractivity contribution in [3.05, 3.63) is 89.1 Å². The third-order valence-electron chi connectivity index (χ3n) is 6.94. The molecule has 3 heterocycles. The normalized spacial score (nSPS) is 19.1. The minimum Gasteiger partial charge on any atom is -0.447 e. The molecule has 2 aromatic carbocycles. The van der Waals surface area contributed by atoms with Crippen LogP contribution in [-0.2, 0) is 17.9 Å². The smallest absolute Gasteiger partial charge is 0.410 e. The highest BCUT2D eigenvalue weighted by Crippen LogP contribution is 2.33. The molecular formula is C28H31N3O4. The second-order valence-corrected chi connectivity index (χ2v) is 9.22. The lowest BCUT2D eigenvalue weighted by atomic mass is 9.98. The van der Waals surface area contributed by atoms with E-state index in [1.165, 1.54) is 5.56 Å². The van der Waals surface area contributed by atoms with Crippen LogP contribution in [0.25, 0.3) is 0 Å². The molecular weight excluding hydrogens is 442 g/mol. The van der Waals surface area contributed by atoms with E-state index in [1.807, 2.05) is 60.4 Å². The van der Waals surface area contributed by atoms with E-state index in [9.17, 15) is 9.90 Å². The minimum absolute atomic E-state index is 0.000851. The number of aromatic nitrogens is 1. The second kappa shape index (κ2) is 10.5. The Labute approximate surface area is 205 Å². The van der Waals surface area contributed by atoms with Crippen LogP contribution in [0.5, 0.6) is 11.6 Å². The number of ether oxygens (including phenoxy) is 2. The average Bonchev–Trinajstić information content (AvgIpc) is 3.28. The zero-order valence-electron chi connectivity index (χ0n) is 20.0. The molecule has 0 saturated carbocycles. The van der Waals surface area contributed by atoms with Gasteiger partial charge in [-0.1, -0.05) is 48.5 Å². The van der Waals surface area contributed by atoms with Crippen molar-refractivity contribution in [3.8, 4) is 11.6 Å². The number of aryl methyl sites for hydroxylation is 1. The maximum Gasteiger partial charge on any atom is 0.410 e. The first-order chi connectivity index (χ1) is 17.1. The van der Waals surface area contributed by atoms with E-state index in [2.05, 4.69) is 28.1 Å². The Morgan fingerprint density at radius 3 is 2.46 bits per heavy atom. The van der Waals surface area contributed by atoms with Crippen LogP contribution in [0.3, 0.4) is 0 Å². The van der Waals surface area contributed by atoms with Crippen molar-refractivity contribution in [2.24, 2.45) is 0 Å². The van der Waals surface area contributed by atoms with Crippen molar-refractivity contribution < 1.29 is 19.4 Å². The van der Waals surface area contributed by atoms with Crippen LogP contribution in [-0.4, -0.2) is 51.7 Å². The molecule has 1 aromatic heterocycles. The fourth-order valence-electron chi connectivity index (χ4n) is 4.94. The first-order valence-corrected chi connectivity index (χ1v) is 12.2. The Morgan fingerprint density at radius 2 is 1.77 bits per heavy atom. The van der Waals surface area contributed by atoms with Crippen LogP contribution >= 0.6 is 0 Å². The van der Waals surface area contributed by atoms with Gasteiger partial charge in [-0.2, -0.15) is 0 Å². The predicted octanol–water partition coefficient (Wildman–Crippen LogP) is 4.83. The van der Waals surface area contributed by atoms with Crippen molar-refractivity contribution in [3.63, 3.8) is 0 Å². The van der Waals surface area contributed by atoms with Gasteiger partial charge in [-0.25, -0.2) is 9.78 Å². The summed E-state index contributed by atoms with van der Waals surface area (Å²) in [6.45, 7) is 5.11. The first-order valence-electron chi connectivity index (χ1n) is 12.2. The summed E-state index contributed by atoms with van der Waals surface area (Å²) in [6.07, 6.45) is 1.66. The summed E-state index contributed by atoms with van der Waals surface area (Å²) >= 11 is 0. The average molecular weight is 474 g/mol. The maximum atomic E-state index is 12.5. The van der Waals surface area contributed by atoms with Crippen molar-refractivity contribution in [2.75, 3.05) is 19.7 Å². The van der Waals surface area contributed by atoms with Crippen molar-refractivity contribution >= 4 is 6.09 Å². The molecule has 7 nitrogen and oxygen atoms in total. The number of amides is 1. The third kappa shape index (κ3) is 5.31. The SMILES string of the molecule is Cc1nc(Oc2ccc(CO)cc2)ccc1CN1CCC(N2C(=O)OC[C@H]2c2ccccc2)CC1. The number of hydrogen-bond donors (Lipinski definition) is 1. The van der Waals surface area contributed by atoms with Crippen LogP contribution < -0.4 is 4.74 Å². The highest BCUT2D eigenvalue weighted by molar-refractivity contribution is 5.71. The number of cyclic esters (lactones) is 1. The lowest BCUT2D eigenvalue weighted by molar-refractivity contribution is 0.104. The lowest BCUT2D eigenvalue weighted by Crippen LogP contribution is -2.46. The summed E-state index contributed by atoms with van der Waals surface area (Å²) in [4.78, 5) is 21.5. The Morgan fingerprint density at radius 1 is 1.03 bits per heavy atom. The largest absolute Gasteiger partial charge is 0.447 e. The van der Waals surface area contributed by atoms with Gasteiger partial charge in [0.15, 0.2) is 0 Å². The molecule has 0 spiro atoms. The number of hydrogen-bond acceptors (Lipinski definition) is 6. The molecule has 7 heteroatoms. The minimum atomic E-state index is -0.195. The zero-order chi connectivity index (χ0) is 24.2. The standard InChI is InChI=1S/C28H31N3O4/c1-20-23(9-12-27(29-20)35-25-10-7-21(18-32)8-11-25)17-30-15-13-24(14-16-30)31-26(19-34-28(31)33)22-5-3-2-4-6-22/h2-12,24,26,32H,13-19H2,1H3/t26-/m0/s1. The van der Waals surface area contributed by atoms with Gasteiger partial charge in [-0.3, -0.25) is 9.80 Å². The third-order valence-corrected chi connectivity index (χ3v) is 6.94. The predicted molar refractivity (Wildman–Crippen MR) is 132 cm³/mol. The molecule has 0 aliphatic carbocycles. The molecule has 2 aliphatic rings. The number of carbonyl (C=O) groups is 1. The molecule has 2 aliphatic heterocycles. The molecule has 1 N–H and O–H groups in total. The molecule has 0 unspecified atom stereocenters. The topological polar surface area (TPSA) is 75.1 Å². The highest BCUT2D eigenvalue weighted by Gasteiger charge is 2.40. The Bertz CT molecular complexity index is 1140. The van der Waals surface area contributed by atoms with E-state index in [1.54, 1.807) is 0 Å². The summed E-state index contributed by atoms with van der Waals surface area (Å²) in [5.41, 5.74) is 4.10. The van der Waals surface area contributed by atoms with Gasteiger partial charge in [0.2, 0.25) is 5.88 Å². The fraction of sp³-hybridized carbons (Fsp3) is 0.357. The van der Waals surface area contributed by atoms with Crippen LogP contribution in [0.1, 0.15) is 41.3 Å². The number of nitrogens with zero attached hydrogens (tertiary/aromatic N) is 3. The molecule has 1 atom stereocenters. The Kier molecular flexibility index (Phi) is 6.97. The van der Waals surface area contributed by atoms with E-state index in [0.29, 0.717) is 18.2 Å². The van der Waals surface area contributed by atoms with Crippen LogP contribution in [0.2, 0.25) is 0 Å². The van der Waals surface area contributed by atoms with Crippen molar-refractivity contribution in [1.82, 2.24) is 14.8 Å². The Hall–Kier alpha value is -3.42. The number of pyridine rings is 1. The second-order valence-electron chi connectivity index (χ2n) is 9.22. The van der Waals surface area contributed by atoms with E-state index < -0.39 is 0 Å². The molecule has 0 bridgehead atoms. The van der Waals surface area contributed by atoms with E-state index >= 15 is 0 Å². The fourth-order valence-corrected chi connectivity index (χ4v) is 4.94. The molecule has 1 amide bonds. The number of aliphatic hydroxyl groups is 1. The molecule has 0 radical (unpaired) electrons. The number of aliphatic hydroxyl groups excluding tert-OH is 1. The maximum absolute atomic E-state index is 12.5. The van der Waals surface area contributed by atoms with Gasteiger partial charge in [0.25, 0.3) is 0 Å². The molecule has 5 rings (SSSR count). The number of carbonyl (C=O) groups excluding carboxylic acids is 1. The van der Waals surface area contributed by atoms with Gasteiger partial charge in [0.05, 0.1) is 12.6 Å². The summed E-state index contributed by atoms with van der Waals surface area (Å²) in [5.74, 6) is 1.25. The van der Waals surface area contributed by atoms with E-state index in [4.69, 9.17) is 9.47 Å². The first kappa shape index (κ1) is 23.3. The van der Waals surface area contributed by atoms with Gasteiger partial charge in [-0.05, 0) is 48.6 Å². The molecule has 2 fully saturated rings. The highest BCUT2D eigenvalue weighted by atomic mass is 16.6. The van der Waals surface area contributed by atoms with Gasteiger partial charge in [0, 0.05) is 37.4 Å². The molecule has 182 valence electrons. The summed E-state index contributed by atoms with van der Waals surface area (Å²) < 4.78 is 11.3. The van der Waals surface area contributed by atoms with Crippen LogP contribution in [0, 0.1) is 6.92 Å². The number of piperidine rings is 1.